The van der Waals surface area contributed by atoms with E-state index in [-0.39, 0.29) is 16.8 Å². The van der Waals surface area contributed by atoms with Crippen LogP contribution in [-0.4, -0.2) is 68.7 Å². The van der Waals surface area contributed by atoms with Crippen molar-refractivity contribution in [3.8, 4) is 5.95 Å². The van der Waals surface area contributed by atoms with Crippen LogP contribution in [0.4, 0.5) is 26.2 Å². The lowest BCUT2D eigenvalue weighted by atomic mass is 10.2. The average molecular weight is 642 g/mol. The van der Waals surface area contributed by atoms with Crippen LogP contribution in [0.1, 0.15) is 12.5 Å². The van der Waals surface area contributed by atoms with Crippen molar-refractivity contribution < 1.29 is 14.0 Å². The van der Waals surface area contributed by atoms with E-state index in [4.69, 9.17) is 38.9 Å². The number of carbonyl (C=O) groups is 2. The maximum atomic E-state index is 15.1. The van der Waals surface area contributed by atoms with Gasteiger partial charge in [0.1, 0.15) is 5.82 Å². The molecule has 2 heterocycles. The first-order chi connectivity index (χ1) is 19.4. The van der Waals surface area contributed by atoms with Crippen LogP contribution in [-0.2, 0) is 4.79 Å². The van der Waals surface area contributed by atoms with Crippen molar-refractivity contribution in [1.29, 1.82) is 0 Å². The second-order valence-electron chi connectivity index (χ2n) is 9.87. The molecular formula is C28H32Cl3FN6O2S. The van der Waals surface area contributed by atoms with E-state index in [9.17, 15) is 9.59 Å². The maximum absolute atomic E-state index is 15.1. The van der Waals surface area contributed by atoms with E-state index in [1.807, 2.05) is 31.6 Å². The van der Waals surface area contributed by atoms with Crippen molar-refractivity contribution in [2.75, 3.05) is 52.9 Å². The highest BCUT2D eigenvalue weighted by molar-refractivity contribution is 8.51. The van der Waals surface area contributed by atoms with Gasteiger partial charge in [0.15, 0.2) is 0 Å². The van der Waals surface area contributed by atoms with E-state index in [1.54, 1.807) is 53.0 Å². The molecule has 0 aliphatic rings. The maximum Gasteiger partial charge on any atom is 0.333 e. The summed E-state index contributed by atoms with van der Waals surface area (Å²) in [5.74, 6) is 0.240. The molecule has 8 nitrogen and oxygen atoms in total. The third-order valence-corrected chi connectivity index (χ3v) is 9.76. The fourth-order valence-electron chi connectivity index (χ4n) is 4.27. The molecule has 2 N–H and O–H groups in total. The number of anilines is 3. The van der Waals surface area contributed by atoms with Crippen molar-refractivity contribution in [2.24, 2.45) is 0 Å². The zero-order chi connectivity index (χ0) is 29.9. The first-order valence-corrected chi connectivity index (χ1v) is 17.2. The van der Waals surface area contributed by atoms with E-state index in [0.29, 0.717) is 53.2 Å². The number of halogens is 4. The molecule has 2 amide bonds. The van der Waals surface area contributed by atoms with Crippen LogP contribution in [0, 0.1) is 12.7 Å². The third kappa shape index (κ3) is 6.94. The van der Waals surface area contributed by atoms with E-state index in [0.717, 1.165) is 5.56 Å². The van der Waals surface area contributed by atoms with E-state index >= 15 is 4.39 Å². The van der Waals surface area contributed by atoms with E-state index in [1.165, 1.54) is 10.6 Å². The SMILES string of the molecule is Cc1cccc2c1nc(-n1ccc(NC(=O)C(C)S(C)(C)Cl)c1)n2C(=O)Nc1ccc(N(CCCl)CCCl)c(F)c1. The lowest BCUT2D eigenvalue weighted by Gasteiger charge is -2.28. The zero-order valence-corrected chi connectivity index (χ0v) is 26.2. The topological polar surface area (TPSA) is 84.2 Å². The van der Waals surface area contributed by atoms with Gasteiger partial charge in [0.25, 0.3) is 0 Å². The molecule has 220 valence electrons. The van der Waals surface area contributed by atoms with Crippen molar-refractivity contribution in [3.63, 3.8) is 0 Å². The number of rotatable bonds is 10. The molecule has 0 aliphatic heterocycles. The molecular weight excluding hydrogens is 610 g/mol. The monoisotopic (exact) mass is 640 g/mol. The summed E-state index contributed by atoms with van der Waals surface area (Å²) in [5.41, 5.74) is 3.25. The highest BCUT2D eigenvalue weighted by Crippen LogP contribution is 2.50. The van der Waals surface area contributed by atoms with Crippen LogP contribution in [0.25, 0.3) is 17.0 Å². The van der Waals surface area contributed by atoms with Crippen molar-refractivity contribution in [2.45, 2.75) is 19.1 Å². The summed E-state index contributed by atoms with van der Waals surface area (Å²) < 4.78 is 18.2. The quantitative estimate of drug-likeness (QED) is 0.180. The molecule has 0 aliphatic carbocycles. The molecule has 1 unspecified atom stereocenters. The Morgan fingerprint density at radius 1 is 1.07 bits per heavy atom. The molecule has 0 saturated carbocycles. The van der Waals surface area contributed by atoms with Crippen LogP contribution < -0.4 is 15.5 Å². The second kappa shape index (κ2) is 12.9. The highest BCUT2D eigenvalue weighted by atomic mass is 35.7. The minimum atomic E-state index is -1.61. The number of nitrogens with zero attached hydrogens (tertiary/aromatic N) is 4. The fraction of sp³-hybridized carbons (Fsp3) is 0.321. The van der Waals surface area contributed by atoms with Gasteiger partial charge in [0.05, 0.1) is 27.7 Å². The molecule has 0 fully saturated rings. The Bertz CT molecular complexity index is 1560. The van der Waals surface area contributed by atoms with Crippen molar-refractivity contribution >= 4 is 83.2 Å². The van der Waals surface area contributed by atoms with Crippen molar-refractivity contribution in [1.82, 2.24) is 14.1 Å². The molecule has 1 atom stereocenters. The number of hydrogen-bond acceptors (Lipinski definition) is 4. The summed E-state index contributed by atoms with van der Waals surface area (Å²) in [6.07, 6.45) is 7.11. The molecule has 0 bridgehead atoms. The number of imidazole rings is 1. The Balaban J connectivity index is 1.66. The third-order valence-electron chi connectivity index (χ3n) is 6.72. The van der Waals surface area contributed by atoms with E-state index in [2.05, 4.69) is 10.6 Å². The number of fused-ring (bicyclic) bond motifs is 1. The van der Waals surface area contributed by atoms with Gasteiger partial charge in [-0.15, -0.1) is 23.2 Å². The Labute approximate surface area is 254 Å². The standard InChI is InChI=1S/C28H32Cl3FN6O2S/c1-18-6-5-7-24-25(18)35-27(37-13-10-21(17-37)33-26(39)19(2)41(3,4)31)38(24)28(40)34-20-8-9-23(22(32)16-20)36(14-11-29)15-12-30/h5-10,13,16-17,19H,11-12,14-15H2,1-4H3,(H,33,39)(H,34,40). The molecule has 13 heteroatoms. The van der Waals surface area contributed by atoms with Gasteiger partial charge in [-0.3, -0.25) is 9.36 Å². The van der Waals surface area contributed by atoms with Gasteiger partial charge in [0, 0.05) is 42.9 Å². The Kier molecular flexibility index (Phi) is 9.79. The largest absolute Gasteiger partial charge is 0.367 e. The number of carbonyl (C=O) groups excluding carboxylic acids is 2. The molecule has 41 heavy (non-hydrogen) atoms. The minimum Gasteiger partial charge on any atom is -0.367 e. The van der Waals surface area contributed by atoms with Gasteiger partial charge in [0.2, 0.25) is 11.9 Å². The van der Waals surface area contributed by atoms with Gasteiger partial charge < -0.3 is 15.5 Å². The normalized spacial score (nSPS) is 12.8. The van der Waals surface area contributed by atoms with Crippen LogP contribution in [0.15, 0.2) is 54.9 Å². The number of amides is 2. The number of benzene rings is 2. The number of nitrogens with one attached hydrogen (secondary N) is 2. The number of hydrogen-bond donors (Lipinski definition) is 2. The first kappa shape index (κ1) is 31.0. The smallest absolute Gasteiger partial charge is 0.333 e. The Hall–Kier alpha value is -2.92. The number of para-hydroxylation sites is 1. The summed E-state index contributed by atoms with van der Waals surface area (Å²) in [6.45, 7) is 4.57. The molecule has 2 aromatic carbocycles. The van der Waals surface area contributed by atoms with Gasteiger partial charge in [-0.1, -0.05) is 22.8 Å². The summed E-state index contributed by atoms with van der Waals surface area (Å²) in [5, 5.41) is 5.31. The number of alkyl halides is 2. The summed E-state index contributed by atoms with van der Waals surface area (Å²) in [4.78, 5) is 32.9. The van der Waals surface area contributed by atoms with Gasteiger partial charge >= 0.3 is 6.03 Å². The zero-order valence-electron chi connectivity index (χ0n) is 23.1. The van der Waals surface area contributed by atoms with Crippen molar-refractivity contribution in [3.05, 3.63) is 66.2 Å². The Morgan fingerprint density at radius 2 is 1.78 bits per heavy atom. The summed E-state index contributed by atoms with van der Waals surface area (Å²) in [7, 11) is 4.80. The molecule has 0 radical (unpaired) electrons. The molecule has 2 aromatic heterocycles. The fourth-order valence-corrected chi connectivity index (χ4v) is 5.49. The number of aromatic nitrogens is 3. The predicted octanol–water partition coefficient (Wildman–Crippen LogP) is 7.18. The van der Waals surface area contributed by atoms with Crippen LogP contribution in [0.2, 0.25) is 0 Å². The lowest BCUT2D eigenvalue weighted by molar-refractivity contribution is -0.115. The molecule has 4 rings (SSSR count). The summed E-state index contributed by atoms with van der Waals surface area (Å²) >= 11 is 11.7. The highest BCUT2D eigenvalue weighted by Gasteiger charge is 2.26. The van der Waals surface area contributed by atoms with Crippen LogP contribution in [0.5, 0.6) is 0 Å². The average Bonchev–Trinajstić information content (AvgIpc) is 3.53. The Morgan fingerprint density at radius 3 is 2.41 bits per heavy atom. The predicted molar refractivity (Wildman–Crippen MR) is 172 cm³/mol. The molecule has 0 saturated heterocycles. The molecule has 4 aromatic rings. The second-order valence-corrected chi connectivity index (χ2v) is 16.3. The first-order valence-electron chi connectivity index (χ1n) is 12.8. The number of aryl methyl sites for hydroxylation is 1. The molecule has 0 spiro atoms. The minimum absolute atomic E-state index is 0.194. The lowest BCUT2D eigenvalue weighted by Crippen LogP contribution is -2.28. The van der Waals surface area contributed by atoms with Gasteiger partial charge in [-0.25, -0.2) is 18.7 Å². The van der Waals surface area contributed by atoms with Crippen LogP contribution >= 0.6 is 43.1 Å². The van der Waals surface area contributed by atoms with Gasteiger partial charge in [-0.2, -0.15) is 9.24 Å². The summed E-state index contributed by atoms with van der Waals surface area (Å²) in [6, 6.07) is 11.2. The van der Waals surface area contributed by atoms with E-state index < -0.39 is 21.1 Å². The van der Waals surface area contributed by atoms with Crippen LogP contribution in [0.3, 0.4) is 0 Å². The van der Waals surface area contributed by atoms with Gasteiger partial charge in [-0.05, 0) is 62.3 Å².